The molecule has 0 aliphatic carbocycles. The maximum atomic E-state index is 12.0. The molecular formula is C16H19NO2S. The van der Waals surface area contributed by atoms with Crippen LogP contribution in [0.1, 0.15) is 18.2 Å². The van der Waals surface area contributed by atoms with E-state index in [1.807, 2.05) is 31.2 Å². The van der Waals surface area contributed by atoms with Gasteiger partial charge < -0.3 is 9.73 Å². The lowest BCUT2D eigenvalue weighted by molar-refractivity contribution is -0.120. The van der Waals surface area contributed by atoms with Crippen molar-refractivity contribution in [3.8, 4) is 0 Å². The van der Waals surface area contributed by atoms with E-state index in [2.05, 4.69) is 24.4 Å². The van der Waals surface area contributed by atoms with E-state index in [0.29, 0.717) is 6.54 Å². The van der Waals surface area contributed by atoms with E-state index in [9.17, 15) is 4.79 Å². The lowest BCUT2D eigenvalue weighted by atomic mass is 10.2. The van der Waals surface area contributed by atoms with Crippen LogP contribution in [-0.4, -0.2) is 17.7 Å². The topological polar surface area (TPSA) is 42.2 Å². The van der Waals surface area contributed by atoms with Crippen molar-refractivity contribution in [1.82, 2.24) is 5.32 Å². The van der Waals surface area contributed by atoms with Gasteiger partial charge in [-0.15, -0.1) is 11.8 Å². The molecule has 3 nitrogen and oxygen atoms in total. The van der Waals surface area contributed by atoms with E-state index in [1.165, 1.54) is 5.56 Å². The summed E-state index contributed by atoms with van der Waals surface area (Å²) in [5.74, 6) is 0.950. The molecular weight excluding hydrogens is 270 g/mol. The minimum absolute atomic E-state index is 0.0575. The van der Waals surface area contributed by atoms with Gasteiger partial charge in [0.05, 0.1) is 11.5 Å². The van der Waals surface area contributed by atoms with Gasteiger partial charge in [-0.25, -0.2) is 0 Å². The molecule has 0 saturated carbocycles. The van der Waals surface area contributed by atoms with Gasteiger partial charge in [0.15, 0.2) is 0 Å². The highest BCUT2D eigenvalue weighted by Crippen LogP contribution is 2.23. The van der Waals surface area contributed by atoms with E-state index < -0.39 is 0 Å². The van der Waals surface area contributed by atoms with Gasteiger partial charge in [0.2, 0.25) is 5.91 Å². The predicted octanol–water partition coefficient (Wildman–Crippen LogP) is 3.43. The molecule has 20 heavy (non-hydrogen) atoms. The van der Waals surface area contributed by atoms with E-state index in [0.717, 1.165) is 17.1 Å². The fourth-order valence-electron chi connectivity index (χ4n) is 1.78. The number of hydrogen-bond acceptors (Lipinski definition) is 3. The molecule has 1 aromatic heterocycles. The summed E-state index contributed by atoms with van der Waals surface area (Å²) in [5.41, 5.74) is 1.23. The van der Waals surface area contributed by atoms with Crippen LogP contribution < -0.4 is 5.32 Å². The first-order valence-corrected chi connectivity index (χ1v) is 7.56. The summed E-state index contributed by atoms with van der Waals surface area (Å²) in [6.07, 6.45) is 2.37. The molecule has 1 heterocycles. The van der Waals surface area contributed by atoms with Crippen LogP contribution in [0.25, 0.3) is 0 Å². The molecule has 1 atom stereocenters. The number of rotatable bonds is 6. The Morgan fingerprint density at radius 3 is 2.70 bits per heavy atom. The number of carbonyl (C=O) groups excluding carboxylic acids is 1. The molecule has 1 N–H and O–H groups in total. The number of hydrogen-bond donors (Lipinski definition) is 1. The van der Waals surface area contributed by atoms with Crippen molar-refractivity contribution in [3.63, 3.8) is 0 Å². The van der Waals surface area contributed by atoms with Gasteiger partial charge in [-0.1, -0.05) is 17.7 Å². The Kier molecular flexibility index (Phi) is 5.30. The molecule has 0 spiro atoms. The van der Waals surface area contributed by atoms with Crippen LogP contribution >= 0.6 is 11.8 Å². The zero-order valence-electron chi connectivity index (χ0n) is 11.8. The van der Waals surface area contributed by atoms with Gasteiger partial charge in [-0.05, 0) is 38.1 Å². The minimum atomic E-state index is -0.102. The van der Waals surface area contributed by atoms with Crippen molar-refractivity contribution in [3.05, 3.63) is 54.0 Å². The van der Waals surface area contributed by atoms with Crippen LogP contribution in [0.5, 0.6) is 0 Å². The van der Waals surface area contributed by atoms with Crippen LogP contribution in [-0.2, 0) is 11.2 Å². The predicted molar refractivity (Wildman–Crippen MR) is 81.9 cm³/mol. The Morgan fingerprint density at radius 2 is 2.05 bits per heavy atom. The number of furan rings is 1. The van der Waals surface area contributed by atoms with Gasteiger partial charge in [-0.3, -0.25) is 4.79 Å². The third-order valence-electron chi connectivity index (χ3n) is 2.95. The van der Waals surface area contributed by atoms with E-state index in [-0.39, 0.29) is 11.2 Å². The van der Waals surface area contributed by atoms with Crippen molar-refractivity contribution < 1.29 is 9.21 Å². The Hall–Kier alpha value is -1.68. The Bertz CT molecular complexity index is 534. The number of nitrogens with one attached hydrogen (secondary N) is 1. The maximum absolute atomic E-state index is 12.0. The Labute approximate surface area is 123 Å². The first-order valence-electron chi connectivity index (χ1n) is 6.68. The molecule has 1 unspecified atom stereocenters. The smallest absolute Gasteiger partial charge is 0.233 e. The van der Waals surface area contributed by atoms with Crippen molar-refractivity contribution in [2.45, 2.75) is 30.4 Å². The van der Waals surface area contributed by atoms with Gasteiger partial charge in [0, 0.05) is 17.9 Å². The van der Waals surface area contributed by atoms with Crippen molar-refractivity contribution in [2.75, 3.05) is 6.54 Å². The number of thioether (sulfide) groups is 1. The van der Waals surface area contributed by atoms with Gasteiger partial charge in [0.1, 0.15) is 5.76 Å². The van der Waals surface area contributed by atoms with Crippen LogP contribution in [0, 0.1) is 6.92 Å². The fraction of sp³-hybridized carbons (Fsp3) is 0.312. The molecule has 0 saturated heterocycles. The quantitative estimate of drug-likeness (QED) is 0.828. The summed E-state index contributed by atoms with van der Waals surface area (Å²) in [7, 11) is 0. The summed E-state index contributed by atoms with van der Waals surface area (Å²) >= 11 is 1.57. The third kappa shape index (κ3) is 4.46. The fourth-order valence-corrected chi connectivity index (χ4v) is 2.67. The normalized spacial score (nSPS) is 12.1. The number of aryl methyl sites for hydroxylation is 1. The molecule has 2 aromatic rings. The van der Waals surface area contributed by atoms with Crippen molar-refractivity contribution in [2.24, 2.45) is 0 Å². The van der Waals surface area contributed by atoms with E-state index >= 15 is 0 Å². The monoisotopic (exact) mass is 289 g/mol. The second-order valence-corrected chi connectivity index (χ2v) is 6.11. The first-order chi connectivity index (χ1) is 9.65. The molecule has 106 valence electrons. The zero-order chi connectivity index (χ0) is 14.4. The molecule has 0 fully saturated rings. The van der Waals surface area contributed by atoms with Crippen molar-refractivity contribution >= 4 is 17.7 Å². The second-order valence-electron chi connectivity index (χ2n) is 4.69. The number of amides is 1. The van der Waals surface area contributed by atoms with Gasteiger partial charge in [-0.2, -0.15) is 0 Å². The highest BCUT2D eigenvalue weighted by atomic mass is 32.2. The minimum Gasteiger partial charge on any atom is -0.469 e. The average molecular weight is 289 g/mol. The number of carbonyl (C=O) groups is 1. The van der Waals surface area contributed by atoms with E-state index in [4.69, 9.17) is 4.42 Å². The van der Waals surface area contributed by atoms with Crippen LogP contribution in [0.15, 0.2) is 52.0 Å². The zero-order valence-corrected chi connectivity index (χ0v) is 12.6. The summed E-state index contributed by atoms with van der Waals surface area (Å²) in [5, 5.41) is 2.83. The molecule has 1 aromatic carbocycles. The lowest BCUT2D eigenvalue weighted by Gasteiger charge is -2.11. The highest BCUT2D eigenvalue weighted by Gasteiger charge is 2.13. The third-order valence-corrected chi connectivity index (χ3v) is 4.07. The van der Waals surface area contributed by atoms with Crippen LogP contribution in [0.3, 0.4) is 0 Å². The van der Waals surface area contributed by atoms with Crippen LogP contribution in [0.4, 0.5) is 0 Å². The Morgan fingerprint density at radius 1 is 1.30 bits per heavy atom. The van der Waals surface area contributed by atoms with Gasteiger partial charge in [0.25, 0.3) is 0 Å². The molecule has 0 aliphatic rings. The molecule has 0 aliphatic heterocycles. The average Bonchev–Trinajstić information content (AvgIpc) is 2.94. The molecule has 4 heteroatoms. The molecule has 0 radical (unpaired) electrons. The summed E-state index contributed by atoms with van der Waals surface area (Å²) < 4.78 is 5.23. The first kappa shape index (κ1) is 14.7. The largest absolute Gasteiger partial charge is 0.469 e. The highest BCUT2D eigenvalue weighted by molar-refractivity contribution is 8.00. The molecule has 1 amide bonds. The SMILES string of the molecule is Cc1ccc(SC(C)C(=O)NCCc2ccco2)cc1. The number of benzene rings is 1. The molecule has 0 bridgehead atoms. The maximum Gasteiger partial charge on any atom is 0.233 e. The van der Waals surface area contributed by atoms with Gasteiger partial charge >= 0.3 is 0 Å². The Balaban J connectivity index is 1.75. The molecule has 2 rings (SSSR count). The standard InChI is InChI=1S/C16H19NO2S/c1-12-5-7-15(8-6-12)20-13(2)16(18)17-10-9-14-4-3-11-19-14/h3-8,11,13H,9-10H2,1-2H3,(H,17,18). The second kappa shape index (κ2) is 7.20. The summed E-state index contributed by atoms with van der Waals surface area (Å²) in [6.45, 7) is 4.58. The summed E-state index contributed by atoms with van der Waals surface area (Å²) in [6, 6.07) is 12.0. The van der Waals surface area contributed by atoms with Crippen LogP contribution in [0.2, 0.25) is 0 Å². The van der Waals surface area contributed by atoms with E-state index in [1.54, 1.807) is 18.0 Å². The summed E-state index contributed by atoms with van der Waals surface area (Å²) in [4.78, 5) is 13.1. The lowest BCUT2D eigenvalue weighted by Crippen LogP contribution is -2.32. The van der Waals surface area contributed by atoms with Crippen molar-refractivity contribution in [1.29, 1.82) is 0 Å².